The van der Waals surface area contributed by atoms with E-state index in [0.29, 0.717) is 0 Å². The molecular weight excluding hydrogens is 394 g/mol. The fourth-order valence-corrected chi connectivity index (χ4v) is 2.32. The molecule has 0 aliphatic carbocycles. The summed E-state index contributed by atoms with van der Waals surface area (Å²) in [6.07, 6.45) is 3.08. The summed E-state index contributed by atoms with van der Waals surface area (Å²) in [5.74, 6) is -0.460. The first-order chi connectivity index (χ1) is 13.1. The maximum atomic E-state index is 11.6. The zero-order valence-electron chi connectivity index (χ0n) is 16.7. The van der Waals surface area contributed by atoms with Crippen molar-refractivity contribution in [3.8, 4) is 11.8 Å². The van der Waals surface area contributed by atoms with Crippen molar-refractivity contribution >= 4 is 23.4 Å². The Bertz CT molecular complexity index is 649. The Labute approximate surface area is 168 Å². The molecule has 0 saturated carbocycles. The summed E-state index contributed by atoms with van der Waals surface area (Å²) >= 11 is 5.48. The fourth-order valence-electron chi connectivity index (χ4n) is 2.17. The zero-order valence-corrected chi connectivity index (χ0v) is 17.4. The normalized spacial score (nSPS) is 14.3. The van der Waals surface area contributed by atoms with Gasteiger partial charge in [0, 0.05) is 13.1 Å². The minimum absolute atomic E-state index is 0.177. The van der Waals surface area contributed by atoms with Crippen molar-refractivity contribution < 1.29 is 23.9 Å². The van der Waals surface area contributed by atoms with Crippen molar-refractivity contribution in [2.45, 2.75) is 45.6 Å². The molecule has 1 fully saturated rings. The summed E-state index contributed by atoms with van der Waals surface area (Å²) in [7, 11) is 2.48. The molecule has 0 spiro atoms. The molecule has 158 valence electrons. The number of hydrazine groups is 1. The van der Waals surface area contributed by atoms with Gasteiger partial charge in [-0.2, -0.15) is 9.97 Å². The van der Waals surface area contributed by atoms with Gasteiger partial charge in [-0.05, 0) is 45.2 Å². The standard InChI is InChI=1S/C10H20N2O2.C6H6ClN3O4/c1-10(2,3)14-9(13)12-8-6-4-5-7-11-12;1-13-4-3(10(11)12)5(14-2)9-6(7)8-4/h11H,4-8H2,1-3H3;1-2H3. The van der Waals surface area contributed by atoms with Crippen LogP contribution in [-0.2, 0) is 4.74 Å². The van der Waals surface area contributed by atoms with E-state index in [1.807, 2.05) is 20.8 Å². The monoisotopic (exact) mass is 419 g/mol. The molecule has 1 aromatic rings. The van der Waals surface area contributed by atoms with Crippen molar-refractivity contribution in [3.05, 3.63) is 15.4 Å². The van der Waals surface area contributed by atoms with E-state index in [2.05, 4.69) is 24.9 Å². The predicted molar refractivity (Wildman–Crippen MR) is 102 cm³/mol. The number of aromatic nitrogens is 2. The molecule has 12 heteroatoms. The second-order valence-corrected chi connectivity index (χ2v) is 7.06. The third-order valence-corrected chi connectivity index (χ3v) is 3.51. The van der Waals surface area contributed by atoms with Crippen LogP contribution in [0.2, 0.25) is 5.28 Å². The van der Waals surface area contributed by atoms with Crippen LogP contribution in [0.4, 0.5) is 10.5 Å². The Kier molecular flexibility index (Phi) is 9.13. The van der Waals surface area contributed by atoms with E-state index in [9.17, 15) is 14.9 Å². The summed E-state index contributed by atoms with van der Waals surface area (Å²) < 4.78 is 14.6. The number of rotatable bonds is 3. The quantitative estimate of drug-likeness (QED) is 0.446. The lowest BCUT2D eigenvalue weighted by molar-refractivity contribution is -0.387. The lowest BCUT2D eigenvalue weighted by Gasteiger charge is -2.26. The first-order valence-corrected chi connectivity index (χ1v) is 9.00. The molecule has 1 saturated heterocycles. The number of hydrogen-bond donors (Lipinski definition) is 1. The molecule has 0 unspecified atom stereocenters. The maximum absolute atomic E-state index is 11.6. The van der Waals surface area contributed by atoms with Crippen LogP contribution in [0.3, 0.4) is 0 Å². The van der Waals surface area contributed by atoms with Crippen molar-refractivity contribution in [1.29, 1.82) is 0 Å². The first-order valence-electron chi connectivity index (χ1n) is 8.63. The zero-order chi connectivity index (χ0) is 21.3. The van der Waals surface area contributed by atoms with Gasteiger partial charge in [0.2, 0.25) is 5.28 Å². The Morgan fingerprint density at radius 3 is 2.21 bits per heavy atom. The van der Waals surface area contributed by atoms with E-state index in [-0.39, 0.29) is 23.1 Å². The Hall–Kier alpha value is -2.40. The van der Waals surface area contributed by atoms with Gasteiger partial charge in [0.05, 0.1) is 19.1 Å². The van der Waals surface area contributed by atoms with Gasteiger partial charge in [-0.25, -0.2) is 15.2 Å². The molecule has 0 bridgehead atoms. The fraction of sp³-hybridized carbons (Fsp3) is 0.688. The molecule has 11 nitrogen and oxygen atoms in total. The molecule has 1 N–H and O–H groups in total. The van der Waals surface area contributed by atoms with Gasteiger partial charge < -0.3 is 14.2 Å². The van der Waals surface area contributed by atoms with Gasteiger partial charge in [0.15, 0.2) is 0 Å². The maximum Gasteiger partial charge on any atom is 0.424 e. The van der Waals surface area contributed by atoms with Gasteiger partial charge in [0.25, 0.3) is 0 Å². The molecule has 0 aromatic carbocycles. The summed E-state index contributed by atoms with van der Waals surface area (Å²) in [6, 6.07) is 0. The van der Waals surface area contributed by atoms with Crippen molar-refractivity contribution in [2.24, 2.45) is 0 Å². The number of hydrogen-bond acceptors (Lipinski definition) is 9. The van der Waals surface area contributed by atoms with Gasteiger partial charge >= 0.3 is 23.5 Å². The molecule has 1 amide bonds. The van der Waals surface area contributed by atoms with Gasteiger partial charge in [-0.15, -0.1) is 0 Å². The number of carbonyl (C=O) groups is 1. The van der Waals surface area contributed by atoms with E-state index in [4.69, 9.17) is 16.3 Å². The van der Waals surface area contributed by atoms with Gasteiger partial charge in [-0.3, -0.25) is 10.1 Å². The number of methoxy groups -OCH3 is 2. The summed E-state index contributed by atoms with van der Waals surface area (Å²) in [5, 5.41) is 12.0. The number of carbonyl (C=O) groups excluding carboxylic acids is 1. The lowest BCUT2D eigenvalue weighted by Crippen LogP contribution is -2.45. The van der Waals surface area contributed by atoms with Crippen LogP contribution in [0.15, 0.2) is 0 Å². The number of nitrogens with zero attached hydrogens (tertiary/aromatic N) is 4. The largest absolute Gasteiger partial charge is 0.476 e. The summed E-state index contributed by atoms with van der Waals surface area (Å²) in [4.78, 5) is 28.6. The Balaban J connectivity index is 0.000000280. The van der Waals surface area contributed by atoms with Crippen LogP contribution >= 0.6 is 11.6 Å². The van der Waals surface area contributed by atoms with Crippen molar-refractivity contribution in [3.63, 3.8) is 0 Å². The van der Waals surface area contributed by atoms with E-state index >= 15 is 0 Å². The topological polar surface area (TPSA) is 129 Å². The van der Waals surface area contributed by atoms with E-state index in [1.165, 1.54) is 20.6 Å². The Morgan fingerprint density at radius 1 is 1.18 bits per heavy atom. The molecule has 1 aliphatic rings. The van der Waals surface area contributed by atoms with Crippen LogP contribution in [0, 0.1) is 10.1 Å². The van der Waals surface area contributed by atoms with Crippen LogP contribution < -0.4 is 14.9 Å². The van der Waals surface area contributed by atoms with E-state index < -0.39 is 16.2 Å². The highest BCUT2D eigenvalue weighted by Crippen LogP contribution is 2.33. The average molecular weight is 420 g/mol. The van der Waals surface area contributed by atoms with E-state index in [1.54, 1.807) is 5.01 Å². The third-order valence-electron chi connectivity index (χ3n) is 3.34. The minimum atomic E-state index is -0.700. The molecule has 2 heterocycles. The third kappa shape index (κ3) is 7.69. The minimum Gasteiger partial charge on any atom is -0.476 e. The lowest BCUT2D eigenvalue weighted by atomic mass is 10.2. The highest BCUT2D eigenvalue weighted by Gasteiger charge is 2.26. The highest BCUT2D eigenvalue weighted by molar-refractivity contribution is 6.28. The number of amides is 1. The SMILES string of the molecule is CC(C)(C)OC(=O)N1CCCCCN1.COc1nc(Cl)nc(OC)c1[N+](=O)[O-]. The van der Waals surface area contributed by atoms with Crippen LogP contribution in [-0.4, -0.2) is 58.9 Å². The smallest absolute Gasteiger partial charge is 0.424 e. The van der Waals surface area contributed by atoms with E-state index in [0.717, 1.165) is 25.9 Å². The molecular formula is C16H26ClN5O6. The van der Waals surface area contributed by atoms with Gasteiger partial charge in [0.1, 0.15) is 5.60 Å². The molecule has 1 aromatic heterocycles. The van der Waals surface area contributed by atoms with Gasteiger partial charge in [-0.1, -0.05) is 6.42 Å². The Morgan fingerprint density at radius 2 is 1.75 bits per heavy atom. The summed E-state index contributed by atoms with van der Waals surface area (Å²) in [5.41, 5.74) is 2.21. The van der Waals surface area contributed by atoms with Crippen molar-refractivity contribution in [2.75, 3.05) is 27.3 Å². The summed E-state index contributed by atoms with van der Waals surface area (Å²) in [6.45, 7) is 7.24. The van der Waals surface area contributed by atoms with Crippen LogP contribution in [0.1, 0.15) is 40.0 Å². The van der Waals surface area contributed by atoms with Crippen LogP contribution in [0.5, 0.6) is 11.8 Å². The number of ether oxygens (including phenoxy) is 3. The van der Waals surface area contributed by atoms with Crippen molar-refractivity contribution in [1.82, 2.24) is 20.4 Å². The second-order valence-electron chi connectivity index (χ2n) is 6.72. The number of halogens is 1. The average Bonchev–Trinajstić information content (AvgIpc) is 2.89. The van der Waals surface area contributed by atoms with Crippen LogP contribution in [0.25, 0.3) is 0 Å². The molecule has 0 radical (unpaired) electrons. The molecule has 28 heavy (non-hydrogen) atoms. The first kappa shape index (κ1) is 23.6. The molecule has 2 rings (SSSR count). The number of nitrogens with one attached hydrogen (secondary N) is 1. The molecule has 1 aliphatic heterocycles. The number of nitro groups is 1. The highest BCUT2D eigenvalue weighted by atomic mass is 35.5. The predicted octanol–water partition coefficient (Wildman–Crippen LogP) is 2.97. The second kappa shape index (κ2) is 10.8. The molecule has 0 atom stereocenters.